The van der Waals surface area contributed by atoms with E-state index >= 15 is 0 Å². The molecule has 0 aliphatic carbocycles. The lowest BCUT2D eigenvalue weighted by Crippen LogP contribution is -2.50. The van der Waals surface area contributed by atoms with Crippen LogP contribution in [0.15, 0.2) is 0 Å². The Kier molecular flexibility index (Phi) is 4.64. The van der Waals surface area contributed by atoms with Crippen LogP contribution in [-0.2, 0) is 10.2 Å². The zero-order valence-electron chi connectivity index (χ0n) is 11.5. The lowest BCUT2D eigenvalue weighted by atomic mass is 10.1. The molecule has 0 amide bonds. The number of hydrogen-bond donors (Lipinski definition) is 0. The van der Waals surface area contributed by atoms with Crippen molar-refractivity contribution in [3.63, 3.8) is 0 Å². The van der Waals surface area contributed by atoms with Crippen LogP contribution in [0.25, 0.3) is 0 Å². The van der Waals surface area contributed by atoms with Crippen molar-refractivity contribution in [3.05, 3.63) is 0 Å². The molecular weight excluding hydrogens is 250 g/mol. The molecular formula is C12H25N3O2S. The van der Waals surface area contributed by atoms with Gasteiger partial charge in [0, 0.05) is 26.2 Å². The Morgan fingerprint density at radius 2 is 1.56 bits per heavy atom. The van der Waals surface area contributed by atoms with Gasteiger partial charge in [0.1, 0.15) is 0 Å². The van der Waals surface area contributed by atoms with Gasteiger partial charge in [0.2, 0.25) is 0 Å². The van der Waals surface area contributed by atoms with Crippen molar-refractivity contribution in [2.24, 2.45) is 0 Å². The van der Waals surface area contributed by atoms with E-state index in [0.717, 1.165) is 45.2 Å². The van der Waals surface area contributed by atoms with Crippen molar-refractivity contribution in [3.8, 4) is 0 Å². The minimum atomic E-state index is -3.23. The second kappa shape index (κ2) is 5.86. The van der Waals surface area contributed by atoms with Crippen molar-refractivity contribution in [1.82, 2.24) is 13.5 Å². The van der Waals surface area contributed by atoms with Crippen LogP contribution >= 0.6 is 0 Å². The predicted octanol–water partition coefficient (Wildman–Crippen LogP) is 0.743. The van der Waals surface area contributed by atoms with Crippen molar-refractivity contribution in [1.29, 1.82) is 0 Å². The second-order valence-corrected chi connectivity index (χ2v) is 7.51. The molecule has 2 aliphatic rings. The maximum absolute atomic E-state index is 12.5. The first-order valence-electron chi connectivity index (χ1n) is 6.93. The molecule has 2 aliphatic heterocycles. The average Bonchev–Trinajstić information content (AvgIpc) is 2.40. The van der Waals surface area contributed by atoms with Crippen LogP contribution in [0.5, 0.6) is 0 Å². The molecule has 0 aromatic rings. The molecule has 5 nitrogen and oxygen atoms in total. The highest BCUT2D eigenvalue weighted by Crippen LogP contribution is 2.21. The quantitative estimate of drug-likeness (QED) is 0.763. The lowest BCUT2D eigenvalue weighted by molar-refractivity contribution is 0.188. The van der Waals surface area contributed by atoms with E-state index in [1.807, 2.05) is 0 Å². The molecule has 0 radical (unpaired) electrons. The zero-order valence-corrected chi connectivity index (χ0v) is 12.3. The summed E-state index contributed by atoms with van der Waals surface area (Å²) >= 11 is 0. The second-order valence-electron chi connectivity index (χ2n) is 5.52. The summed E-state index contributed by atoms with van der Waals surface area (Å²) in [7, 11) is 0.612. The van der Waals surface area contributed by atoms with E-state index in [2.05, 4.69) is 11.9 Å². The van der Waals surface area contributed by atoms with Crippen LogP contribution in [0.2, 0.25) is 0 Å². The molecule has 0 atom stereocenters. The Morgan fingerprint density at radius 1 is 1.00 bits per heavy atom. The number of likely N-dealkylation sites (tertiary alicyclic amines) is 1. The van der Waals surface area contributed by atoms with Gasteiger partial charge in [0.05, 0.1) is 0 Å². The van der Waals surface area contributed by atoms with E-state index in [0.29, 0.717) is 13.1 Å². The number of nitrogens with zero attached hydrogens (tertiary/aromatic N) is 3. The summed E-state index contributed by atoms with van der Waals surface area (Å²) in [4.78, 5) is 2.26. The van der Waals surface area contributed by atoms with Gasteiger partial charge >= 0.3 is 0 Å². The molecule has 106 valence electrons. The fourth-order valence-electron chi connectivity index (χ4n) is 2.82. The van der Waals surface area contributed by atoms with Gasteiger partial charge in [0.25, 0.3) is 10.2 Å². The van der Waals surface area contributed by atoms with E-state index in [1.54, 1.807) is 15.7 Å². The van der Waals surface area contributed by atoms with Crippen molar-refractivity contribution in [2.75, 3.05) is 40.3 Å². The van der Waals surface area contributed by atoms with Crippen molar-refractivity contribution >= 4 is 10.2 Å². The first kappa shape index (κ1) is 14.2. The third kappa shape index (κ3) is 3.04. The summed E-state index contributed by atoms with van der Waals surface area (Å²) in [6.45, 7) is 3.37. The first-order valence-corrected chi connectivity index (χ1v) is 8.33. The van der Waals surface area contributed by atoms with Crippen LogP contribution in [0.3, 0.4) is 0 Å². The maximum atomic E-state index is 12.5. The molecule has 2 heterocycles. The largest absolute Gasteiger partial charge is 0.306 e. The number of rotatable bonds is 3. The summed E-state index contributed by atoms with van der Waals surface area (Å²) in [5.74, 6) is 0. The van der Waals surface area contributed by atoms with Gasteiger partial charge in [-0.1, -0.05) is 6.42 Å². The molecule has 0 aromatic carbocycles. The molecule has 2 saturated heterocycles. The summed E-state index contributed by atoms with van der Waals surface area (Å²) < 4.78 is 28.3. The Morgan fingerprint density at radius 3 is 2.11 bits per heavy atom. The Hall–Kier alpha value is -0.170. The van der Waals surface area contributed by atoms with E-state index in [-0.39, 0.29) is 6.04 Å². The molecule has 6 heteroatoms. The molecule has 0 saturated carbocycles. The standard InChI is InChI=1S/C12H25N3O2S/c1-13-10-6-12(7-11-13)14(2)18(16,17)15-8-4-3-5-9-15/h12H,3-11H2,1-2H3. The summed E-state index contributed by atoms with van der Waals surface area (Å²) in [6.07, 6.45) is 5.05. The molecule has 0 spiro atoms. The summed E-state index contributed by atoms with van der Waals surface area (Å²) in [5, 5.41) is 0. The van der Waals surface area contributed by atoms with E-state index in [4.69, 9.17) is 0 Å². The van der Waals surface area contributed by atoms with Gasteiger partial charge in [-0.3, -0.25) is 0 Å². The van der Waals surface area contributed by atoms with Crippen molar-refractivity contribution < 1.29 is 8.42 Å². The van der Waals surface area contributed by atoms with Crippen LogP contribution in [-0.4, -0.2) is 68.2 Å². The fourth-order valence-corrected chi connectivity index (χ4v) is 4.50. The minimum Gasteiger partial charge on any atom is -0.306 e. The predicted molar refractivity (Wildman–Crippen MR) is 72.6 cm³/mol. The topological polar surface area (TPSA) is 43.9 Å². The SMILES string of the molecule is CN1CCC(N(C)S(=O)(=O)N2CCCCC2)CC1. The molecule has 2 rings (SSSR count). The Labute approximate surface area is 111 Å². The van der Waals surface area contributed by atoms with Crippen LogP contribution in [0, 0.1) is 0 Å². The fraction of sp³-hybridized carbons (Fsp3) is 1.00. The normalized spacial score (nSPS) is 25.7. The van der Waals surface area contributed by atoms with Gasteiger partial charge in [-0.05, 0) is 45.8 Å². The van der Waals surface area contributed by atoms with Gasteiger partial charge in [-0.15, -0.1) is 0 Å². The minimum absolute atomic E-state index is 0.174. The lowest BCUT2D eigenvalue weighted by Gasteiger charge is -2.37. The maximum Gasteiger partial charge on any atom is 0.281 e. The van der Waals surface area contributed by atoms with Crippen LogP contribution in [0.1, 0.15) is 32.1 Å². The van der Waals surface area contributed by atoms with Gasteiger partial charge in [-0.25, -0.2) is 0 Å². The van der Waals surface area contributed by atoms with Crippen molar-refractivity contribution in [2.45, 2.75) is 38.1 Å². The molecule has 0 unspecified atom stereocenters. The monoisotopic (exact) mass is 275 g/mol. The smallest absolute Gasteiger partial charge is 0.281 e. The van der Waals surface area contributed by atoms with Crippen LogP contribution < -0.4 is 0 Å². The Balaban J connectivity index is 2.00. The molecule has 18 heavy (non-hydrogen) atoms. The van der Waals surface area contributed by atoms with E-state index in [9.17, 15) is 8.42 Å². The van der Waals surface area contributed by atoms with Gasteiger partial charge in [0.15, 0.2) is 0 Å². The first-order chi connectivity index (χ1) is 8.51. The average molecular weight is 275 g/mol. The highest BCUT2D eigenvalue weighted by molar-refractivity contribution is 7.86. The van der Waals surface area contributed by atoms with Gasteiger partial charge in [-0.2, -0.15) is 17.0 Å². The van der Waals surface area contributed by atoms with Crippen LogP contribution in [0.4, 0.5) is 0 Å². The number of piperidine rings is 2. The third-order valence-electron chi connectivity index (χ3n) is 4.21. The number of hydrogen-bond acceptors (Lipinski definition) is 3. The molecule has 2 fully saturated rings. The summed E-state index contributed by atoms with van der Waals surface area (Å²) in [5.41, 5.74) is 0. The molecule has 0 N–H and O–H groups in total. The molecule has 0 aromatic heterocycles. The Bertz CT molecular complexity index is 358. The van der Waals surface area contributed by atoms with E-state index < -0.39 is 10.2 Å². The van der Waals surface area contributed by atoms with Gasteiger partial charge < -0.3 is 4.90 Å². The summed E-state index contributed by atoms with van der Waals surface area (Å²) in [6, 6.07) is 0.174. The highest BCUT2D eigenvalue weighted by atomic mass is 32.2. The molecule has 0 bridgehead atoms. The highest BCUT2D eigenvalue weighted by Gasteiger charge is 2.33. The van der Waals surface area contributed by atoms with E-state index in [1.165, 1.54) is 0 Å². The third-order valence-corrected chi connectivity index (χ3v) is 6.25. The zero-order chi connectivity index (χ0) is 13.2.